The van der Waals surface area contributed by atoms with Gasteiger partial charge >= 0.3 is 6.09 Å². The first kappa shape index (κ1) is 12.9. The number of aliphatic hydroxyl groups is 1. The van der Waals surface area contributed by atoms with E-state index in [1.54, 1.807) is 0 Å². The summed E-state index contributed by atoms with van der Waals surface area (Å²) in [6.45, 7) is 0.238. The molecule has 0 aromatic heterocycles. The Balaban J connectivity index is 1.82. The normalized spacial score (nSPS) is 17.4. The van der Waals surface area contributed by atoms with Crippen molar-refractivity contribution in [2.45, 2.75) is 37.8 Å². The SMILES string of the molecule is O=C(NC1(CO)CCCC1)OCc1ccccc1. The molecule has 0 saturated heterocycles. The Bertz CT molecular complexity index is 385. The number of amides is 1. The Morgan fingerprint density at radius 3 is 2.56 bits per heavy atom. The first-order chi connectivity index (χ1) is 8.74. The summed E-state index contributed by atoms with van der Waals surface area (Å²) in [4.78, 5) is 11.7. The maximum absolute atomic E-state index is 11.7. The molecule has 0 heterocycles. The van der Waals surface area contributed by atoms with Gasteiger partial charge in [-0.3, -0.25) is 0 Å². The van der Waals surface area contributed by atoms with Crippen molar-refractivity contribution in [2.75, 3.05) is 6.61 Å². The lowest BCUT2D eigenvalue weighted by atomic mass is 9.99. The van der Waals surface area contributed by atoms with Crippen LogP contribution in [-0.4, -0.2) is 23.3 Å². The van der Waals surface area contributed by atoms with E-state index >= 15 is 0 Å². The van der Waals surface area contributed by atoms with Crippen molar-refractivity contribution in [2.24, 2.45) is 0 Å². The Hall–Kier alpha value is -1.55. The zero-order valence-electron chi connectivity index (χ0n) is 10.4. The topological polar surface area (TPSA) is 58.6 Å². The van der Waals surface area contributed by atoms with Crippen molar-refractivity contribution in [3.63, 3.8) is 0 Å². The molecule has 0 spiro atoms. The molecule has 1 aliphatic rings. The Morgan fingerprint density at radius 2 is 1.94 bits per heavy atom. The number of aliphatic hydroxyl groups excluding tert-OH is 1. The zero-order chi connectivity index (χ0) is 12.8. The van der Waals surface area contributed by atoms with E-state index in [0.717, 1.165) is 31.2 Å². The highest BCUT2D eigenvalue weighted by atomic mass is 16.5. The largest absolute Gasteiger partial charge is 0.445 e. The van der Waals surface area contributed by atoms with Crippen LogP contribution < -0.4 is 5.32 Å². The number of rotatable bonds is 4. The molecule has 0 radical (unpaired) electrons. The lowest BCUT2D eigenvalue weighted by Crippen LogP contribution is -2.49. The minimum absolute atomic E-state index is 0.0204. The minimum Gasteiger partial charge on any atom is -0.445 e. The summed E-state index contributed by atoms with van der Waals surface area (Å²) in [6, 6.07) is 9.55. The van der Waals surface area contributed by atoms with Gasteiger partial charge in [-0.25, -0.2) is 4.79 Å². The van der Waals surface area contributed by atoms with Crippen molar-refractivity contribution in [3.8, 4) is 0 Å². The highest BCUT2D eigenvalue weighted by molar-refractivity contribution is 5.68. The van der Waals surface area contributed by atoms with Crippen LogP contribution in [0.4, 0.5) is 4.79 Å². The average Bonchev–Trinajstić information content (AvgIpc) is 2.87. The number of carbonyl (C=O) groups excluding carboxylic acids is 1. The molecular formula is C14H19NO3. The van der Waals surface area contributed by atoms with Gasteiger partial charge in [-0.15, -0.1) is 0 Å². The molecular weight excluding hydrogens is 230 g/mol. The van der Waals surface area contributed by atoms with Gasteiger partial charge in [0.15, 0.2) is 0 Å². The molecule has 1 fully saturated rings. The van der Waals surface area contributed by atoms with Crippen LogP contribution in [0.15, 0.2) is 30.3 Å². The molecule has 18 heavy (non-hydrogen) atoms. The monoisotopic (exact) mass is 249 g/mol. The van der Waals surface area contributed by atoms with Gasteiger partial charge < -0.3 is 15.2 Å². The van der Waals surface area contributed by atoms with Gasteiger partial charge in [-0.1, -0.05) is 43.2 Å². The molecule has 0 bridgehead atoms. The summed E-state index contributed by atoms with van der Waals surface area (Å²) in [5, 5.41) is 12.2. The number of hydrogen-bond acceptors (Lipinski definition) is 3. The van der Waals surface area contributed by atoms with Crippen molar-refractivity contribution in [1.29, 1.82) is 0 Å². The highest BCUT2D eigenvalue weighted by Gasteiger charge is 2.35. The molecule has 2 rings (SSSR count). The second kappa shape index (κ2) is 5.87. The van der Waals surface area contributed by atoms with Crippen molar-refractivity contribution >= 4 is 6.09 Å². The third-order valence-corrected chi connectivity index (χ3v) is 3.44. The van der Waals surface area contributed by atoms with E-state index in [-0.39, 0.29) is 13.2 Å². The van der Waals surface area contributed by atoms with E-state index in [9.17, 15) is 9.90 Å². The first-order valence-electron chi connectivity index (χ1n) is 6.34. The maximum atomic E-state index is 11.7. The molecule has 4 heteroatoms. The fourth-order valence-electron chi connectivity index (χ4n) is 2.35. The zero-order valence-corrected chi connectivity index (χ0v) is 10.4. The van der Waals surface area contributed by atoms with E-state index in [2.05, 4.69) is 5.32 Å². The third kappa shape index (κ3) is 3.23. The van der Waals surface area contributed by atoms with Gasteiger partial charge in [0.25, 0.3) is 0 Å². The summed E-state index contributed by atoms with van der Waals surface area (Å²) in [5.74, 6) is 0. The second-order valence-corrected chi connectivity index (χ2v) is 4.83. The number of hydrogen-bond donors (Lipinski definition) is 2. The molecule has 1 aromatic carbocycles. The lowest BCUT2D eigenvalue weighted by Gasteiger charge is -2.27. The van der Waals surface area contributed by atoms with Crippen LogP contribution in [-0.2, 0) is 11.3 Å². The number of nitrogens with one attached hydrogen (secondary N) is 1. The van der Waals surface area contributed by atoms with Gasteiger partial charge in [0.05, 0.1) is 12.1 Å². The standard InChI is InChI=1S/C14H19NO3/c16-11-14(8-4-5-9-14)15-13(17)18-10-12-6-2-1-3-7-12/h1-3,6-7,16H,4-5,8-11H2,(H,15,17). The van der Waals surface area contributed by atoms with Gasteiger partial charge in [0.2, 0.25) is 0 Å². The molecule has 1 aromatic rings. The van der Waals surface area contributed by atoms with E-state index in [0.29, 0.717) is 0 Å². The Labute approximate surface area is 107 Å². The van der Waals surface area contributed by atoms with E-state index < -0.39 is 11.6 Å². The highest BCUT2D eigenvalue weighted by Crippen LogP contribution is 2.29. The summed E-state index contributed by atoms with van der Waals surface area (Å²) in [6.07, 6.45) is 3.28. The van der Waals surface area contributed by atoms with Gasteiger partial charge in [-0.2, -0.15) is 0 Å². The van der Waals surface area contributed by atoms with Gasteiger partial charge in [0, 0.05) is 0 Å². The van der Waals surface area contributed by atoms with Crippen LogP contribution in [0, 0.1) is 0 Å². The third-order valence-electron chi connectivity index (χ3n) is 3.44. The molecule has 0 aliphatic heterocycles. The number of alkyl carbamates (subject to hydrolysis) is 1. The van der Waals surface area contributed by atoms with Gasteiger partial charge in [-0.05, 0) is 18.4 Å². The Morgan fingerprint density at radius 1 is 1.28 bits per heavy atom. The van der Waals surface area contributed by atoms with E-state index in [1.807, 2.05) is 30.3 Å². The number of benzene rings is 1. The van der Waals surface area contributed by atoms with Gasteiger partial charge in [0.1, 0.15) is 6.61 Å². The average molecular weight is 249 g/mol. The quantitative estimate of drug-likeness (QED) is 0.860. The minimum atomic E-state index is -0.465. The molecule has 4 nitrogen and oxygen atoms in total. The fourth-order valence-corrected chi connectivity index (χ4v) is 2.35. The smallest absolute Gasteiger partial charge is 0.407 e. The molecule has 0 atom stereocenters. The van der Waals surface area contributed by atoms with Crippen LogP contribution in [0.5, 0.6) is 0 Å². The summed E-state index contributed by atoms with van der Waals surface area (Å²) >= 11 is 0. The molecule has 1 aliphatic carbocycles. The molecule has 1 saturated carbocycles. The lowest BCUT2D eigenvalue weighted by molar-refractivity contribution is 0.108. The van der Waals surface area contributed by atoms with Crippen LogP contribution in [0.25, 0.3) is 0 Å². The molecule has 98 valence electrons. The Kier molecular flexibility index (Phi) is 4.20. The molecule has 0 unspecified atom stereocenters. The number of carbonyl (C=O) groups is 1. The predicted molar refractivity (Wildman–Crippen MR) is 68.0 cm³/mol. The van der Waals surface area contributed by atoms with E-state index in [1.165, 1.54) is 0 Å². The van der Waals surface area contributed by atoms with Crippen LogP contribution in [0.2, 0.25) is 0 Å². The first-order valence-corrected chi connectivity index (χ1v) is 6.34. The summed E-state index contributed by atoms with van der Waals surface area (Å²) < 4.78 is 5.16. The fraction of sp³-hybridized carbons (Fsp3) is 0.500. The van der Waals surface area contributed by atoms with Crippen LogP contribution >= 0.6 is 0 Å². The molecule has 2 N–H and O–H groups in total. The van der Waals surface area contributed by atoms with Crippen molar-refractivity contribution in [3.05, 3.63) is 35.9 Å². The maximum Gasteiger partial charge on any atom is 0.407 e. The summed E-state index contributed by atoms with van der Waals surface area (Å²) in [5.41, 5.74) is 0.491. The van der Waals surface area contributed by atoms with Crippen molar-refractivity contribution < 1.29 is 14.6 Å². The van der Waals surface area contributed by atoms with Crippen LogP contribution in [0.1, 0.15) is 31.2 Å². The second-order valence-electron chi connectivity index (χ2n) is 4.83. The molecule has 1 amide bonds. The van der Waals surface area contributed by atoms with Crippen molar-refractivity contribution in [1.82, 2.24) is 5.32 Å². The van der Waals surface area contributed by atoms with Crippen LogP contribution in [0.3, 0.4) is 0 Å². The summed E-state index contributed by atoms with van der Waals surface area (Å²) in [7, 11) is 0. The van der Waals surface area contributed by atoms with E-state index in [4.69, 9.17) is 4.74 Å². The predicted octanol–water partition coefficient (Wildman–Crippen LogP) is 2.22. The number of ether oxygens (including phenoxy) is 1.